The molecule has 3 nitrogen and oxygen atoms in total. The topological polar surface area (TPSA) is 37.5 Å². The number of para-hydroxylation sites is 1. The summed E-state index contributed by atoms with van der Waals surface area (Å²) in [4.78, 5) is 4.97. The minimum absolute atomic E-state index is 0.000816. The first kappa shape index (κ1) is 15.0. The molecule has 6 heteroatoms. The molecule has 0 radical (unpaired) electrons. The molecule has 0 saturated heterocycles. The number of benzene rings is 2. The summed E-state index contributed by atoms with van der Waals surface area (Å²) in [5.41, 5.74) is 3.31. The van der Waals surface area contributed by atoms with Crippen molar-refractivity contribution >= 4 is 47.1 Å². The van der Waals surface area contributed by atoms with Crippen molar-refractivity contribution in [3.05, 3.63) is 68.7 Å². The number of hydrogen-bond donors (Lipinski definition) is 1. The summed E-state index contributed by atoms with van der Waals surface area (Å²) in [6.45, 7) is 0. The number of nitrogens with zero attached hydrogens (tertiary/aromatic N) is 2. The van der Waals surface area contributed by atoms with Crippen LogP contribution in [0.2, 0.25) is 0 Å². The maximum Gasteiger partial charge on any atom is 0.215 e. The molecule has 0 saturated carbocycles. The third kappa shape index (κ3) is 2.50. The van der Waals surface area contributed by atoms with Crippen LogP contribution in [-0.2, 0) is 0 Å². The van der Waals surface area contributed by atoms with E-state index in [-0.39, 0.29) is 11.7 Å². The number of hydrogen-bond acceptors (Lipinski definition) is 4. The van der Waals surface area contributed by atoms with E-state index in [1.807, 2.05) is 30.3 Å². The van der Waals surface area contributed by atoms with Crippen molar-refractivity contribution in [3.63, 3.8) is 0 Å². The largest absolute Gasteiger partial charge is 0.493 e. The van der Waals surface area contributed by atoms with Gasteiger partial charge in [0.2, 0.25) is 5.88 Å². The van der Waals surface area contributed by atoms with Crippen molar-refractivity contribution in [1.82, 2.24) is 4.57 Å². The van der Waals surface area contributed by atoms with Crippen molar-refractivity contribution in [2.75, 3.05) is 0 Å². The molecule has 1 aliphatic rings. The fourth-order valence-electron chi connectivity index (χ4n) is 2.61. The Bertz CT molecular complexity index is 1060. The van der Waals surface area contributed by atoms with Crippen molar-refractivity contribution < 1.29 is 9.50 Å². The Hall–Kier alpha value is -2.57. The fraction of sp³-hybridized carbons (Fsp3) is 0. The normalized spacial score (nSPS) is 14.3. The molecular formula is C18H11FN2OS2. The van der Waals surface area contributed by atoms with Crippen LogP contribution in [0.25, 0.3) is 17.3 Å². The predicted octanol–water partition coefficient (Wildman–Crippen LogP) is 5.37. The van der Waals surface area contributed by atoms with Crippen LogP contribution in [0.1, 0.15) is 10.4 Å². The van der Waals surface area contributed by atoms with E-state index >= 15 is 0 Å². The minimum atomic E-state index is -0.378. The first-order chi connectivity index (χ1) is 11.6. The number of allylic oxidation sites excluding steroid dienone is 1. The highest BCUT2D eigenvalue weighted by atomic mass is 32.1. The summed E-state index contributed by atoms with van der Waals surface area (Å²) >= 11 is 6.61. The molecule has 3 aromatic rings. The average molecular weight is 354 g/mol. The van der Waals surface area contributed by atoms with Gasteiger partial charge in [0, 0.05) is 17.4 Å². The van der Waals surface area contributed by atoms with E-state index in [0.29, 0.717) is 14.5 Å². The van der Waals surface area contributed by atoms with E-state index in [4.69, 9.17) is 12.2 Å². The van der Waals surface area contributed by atoms with Gasteiger partial charge in [0.05, 0.1) is 16.3 Å². The molecule has 118 valence electrons. The summed E-state index contributed by atoms with van der Waals surface area (Å²) < 4.78 is 15.4. The summed E-state index contributed by atoms with van der Waals surface area (Å²) in [6.07, 6.45) is 3.61. The molecule has 0 spiro atoms. The number of halogens is 1. The SMILES string of the molecule is Oc1c(C=C2C=Nc3ccccc32)sc(=S)n1-c1cccc(F)c1. The van der Waals surface area contributed by atoms with Crippen LogP contribution in [0.5, 0.6) is 5.88 Å². The van der Waals surface area contributed by atoms with Crippen molar-refractivity contribution in [1.29, 1.82) is 0 Å². The lowest BCUT2D eigenvalue weighted by Gasteiger charge is -2.04. The number of fused-ring (bicyclic) bond motifs is 1. The number of thiazole rings is 1. The molecule has 0 amide bonds. The molecule has 2 aromatic carbocycles. The highest BCUT2D eigenvalue weighted by Gasteiger charge is 2.16. The molecular weight excluding hydrogens is 343 g/mol. The Morgan fingerprint density at radius 1 is 1.17 bits per heavy atom. The van der Waals surface area contributed by atoms with Crippen LogP contribution < -0.4 is 0 Å². The van der Waals surface area contributed by atoms with E-state index in [9.17, 15) is 9.50 Å². The number of aromatic nitrogens is 1. The van der Waals surface area contributed by atoms with E-state index in [2.05, 4.69) is 4.99 Å². The van der Waals surface area contributed by atoms with E-state index in [0.717, 1.165) is 16.8 Å². The molecule has 0 fully saturated rings. The predicted molar refractivity (Wildman–Crippen MR) is 98.6 cm³/mol. The lowest BCUT2D eigenvalue weighted by Crippen LogP contribution is -1.93. The van der Waals surface area contributed by atoms with Gasteiger partial charge in [-0.2, -0.15) is 0 Å². The second kappa shape index (κ2) is 5.81. The minimum Gasteiger partial charge on any atom is -0.493 e. The first-order valence-corrected chi connectivity index (χ1v) is 8.42. The Kier molecular flexibility index (Phi) is 3.63. The third-order valence-corrected chi connectivity index (χ3v) is 5.03. The second-order valence-electron chi connectivity index (χ2n) is 5.25. The van der Waals surface area contributed by atoms with Crippen LogP contribution in [0.15, 0.2) is 53.5 Å². The first-order valence-electron chi connectivity index (χ1n) is 7.19. The van der Waals surface area contributed by atoms with Gasteiger partial charge in [-0.25, -0.2) is 4.39 Å². The molecule has 2 heterocycles. The van der Waals surface area contributed by atoms with Gasteiger partial charge in [-0.05, 0) is 42.6 Å². The van der Waals surface area contributed by atoms with Gasteiger partial charge in [-0.15, -0.1) is 11.3 Å². The third-order valence-electron chi connectivity index (χ3n) is 3.72. The monoisotopic (exact) mass is 354 g/mol. The molecule has 1 aliphatic heterocycles. The fourth-order valence-corrected chi connectivity index (χ4v) is 3.92. The molecule has 0 atom stereocenters. The Morgan fingerprint density at radius 3 is 2.83 bits per heavy atom. The Morgan fingerprint density at radius 2 is 2.00 bits per heavy atom. The molecule has 4 rings (SSSR count). The quantitative estimate of drug-likeness (QED) is 0.628. The molecule has 24 heavy (non-hydrogen) atoms. The second-order valence-corrected chi connectivity index (χ2v) is 6.92. The van der Waals surface area contributed by atoms with Crippen LogP contribution in [0.3, 0.4) is 0 Å². The van der Waals surface area contributed by atoms with Gasteiger partial charge in [0.25, 0.3) is 0 Å². The standard InChI is InChI=1S/C18H11FN2OS2/c19-12-4-3-5-13(9-12)21-17(22)16(24-18(21)23)8-11-10-20-15-7-2-1-6-14(11)15/h1-10,22H. The van der Waals surface area contributed by atoms with E-state index in [1.54, 1.807) is 18.3 Å². The average Bonchev–Trinajstić information content (AvgIpc) is 3.09. The Balaban J connectivity index is 1.83. The highest BCUT2D eigenvalue weighted by molar-refractivity contribution is 7.73. The smallest absolute Gasteiger partial charge is 0.215 e. The van der Waals surface area contributed by atoms with E-state index in [1.165, 1.54) is 28.0 Å². The lowest BCUT2D eigenvalue weighted by molar-refractivity contribution is 0.441. The van der Waals surface area contributed by atoms with Crippen LogP contribution in [-0.4, -0.2) is 15.9 Å². The summed E-state index contributed by atoms with van der Waals surface area (Å²) in [6, 6.07) is 13.8. The Labute approximate surface area is 146 Å². The van der Waals surface area contributed by atoms with Crippen molar-refractivity contribution in [3.8, 4) is 11.6 Å². The zero-order valence-corrected chi connectivity index (χ0v) is 13.9. The van der Waals surface area contributed by atoms with Gasteiger partial charge in [-0.3, -0.25) is 9.56 Å². The van der Waals surface area contributed by atoms with Crippen molar-refractivity contribution in [2.24, 2.45) is 4.99 Å². The lowest BCUT2D eigenvalue weighted by atomic mass is 10.1. The van der Waals surface area contributed by atoms with E-state index < -0.39 is 0 Å². The zero-order valence-electron chi connectivity index (χ0n) is 12.3. The van der Waals surface area contributed by atoms with Gasteiger partial charge in [-0.1, -0.05) is 24.3 Å². The number of rotatable bonds is 2. The van der Waals surface area contributed by atoms with Gasteiger partial charge < -0.3 is 5.11 Å². The van der Waals surface area contributed by atoms with Crippen molar-refractivity contribution in [2.45, 2.75) is 0 Å². The van der Waals surface area contributed by atoms with Crippen LogP contribution >= 0.6 is 23.6 Å². The molecule has 0 bridgehead atoms. The van der Waals surface area contributed by atoms with Crippen LogP contribution in [0, 0.1) is 9.77 Å². The van der Waals surface area contributed by atoms with Crippen LogP contribution in [0.4, 0.5) is 10.1 Å². The number of aromatic hydroxyl groups is 1. The highest BCUT2D eigenvalue weighted by Crippen LogP contribution is 2.36. The molecule has 1 N–H and O–H groups in total. The summed E-state index contributed by atoms with van der Waals surface area (Å²) in [7, 11) is 0. The maximum absolute atomic E-state index is 13.5. The molecule has 1 aromatic heterocycles. The maximum atomic E-state index is 13.5. The summed E-state index contributed by atoms with van der Waals surface area (Å²) in [5, 5.41) is 10.6. The summed E-state index contributed by atoms with van der Waals surface area (Å²) in [5.74, 6) is -0.377. The van der Waals surface area contributed by atoms with Gasteiger partial charge in [0.1, 0.15) is 5.82 Å². The molecule has 0 unspecified atom stereocenters. The van der Waals surface area contributed by atoms with Gasteiger partial charge >= 0.3 is 0 Å². The van der Waals surface area contributed by atoms with Gasteiger partial charge in [0.15, 0.2) is 3.95 Å². The number of aliphatic imine (C=N–C) groups is 1. The molecule has 0 aliphatic carbocycles. The zero-order chi connectivity index (χ0) is 16.7.